The molecule has 1 amide bonds. The van der Waals surface area contributed by atoms with Crippen LogP contribution in [0.5, 0.6) is 0 Å². The van der Waals surface area contributed by atoms with Gasteiger partial charge in [-0.3, -0.25) is 9.59 Å². The summed E-state index contributed by atoms with van der Waals surface area (Å²) in [7, 11) is 0. The summed E-state index contributed by atoms with van der Waals surface area (Å²) in [4.78, 5) is 24.7. The maximum Gasteiger partial charge on any atom is 0.305 e. The summed E-state index contributed by atoms with van der Waals surface area (Å²) in [5.41, 5.74) is 0. The van der Waals surface area contributed by atoms with Crippen LogP contribution in [0, 0.1) is 0 Å². The molecule has 0 rings (SSSR count). The van der Waals surface area contributed by atoms with Gasteiger partial charge in [0.15, 0.2) is 0 Å². The van der Waals surface area contributed by atoms with Crippen LogP contribution < -0.4 is 5.32 Å². The van der Waals surface area contributed by atoms with Gasteiger partial charge in [0.2, 0.25) is 5.91 Å². The molecule has 0 radical (unpaired) electrons. The van der Waals surface area contributed by atoms with Crippen molar-refractivity contribution in [1.29, 1.82) is 0 Å². The summed E-state index contributed by atoms with van der Waals surface area (Å²) < 4.78 is 5.52. The Kier molecular flexibility index (Phi) is 79.3. The van der Waals surface area contributed by atoms with E-state index in [1.54, 1.807) is 0 Å². The van der Waals surface area contributed by atoms with Crippen molar-refractivity contribution in [2.24, 2.45) is 0 Å². The minimum atomic E-state index is -0.665. The highest BCUT2D eigenvalue weighted by molar-refractivity contribution is 5.76. The summed E-state index contributed by atoms with van der Waals surface area (Å²) in [6.07, 6.45) is 104. The smallest absolute Gasteiger partial charge is 0.305 e. The van der Waals surface area contributed by atoms with Crippen LogP contribution in [0.1, 0.15) is 483 Å². The number of aliphatic hydroxyl groups excluding tert-OH is 2. The number of aliphatic hydroxyl groups is 2. The molecule has 0 aromatic heterocycles. The van der Waals surface area contributed by atoms with Gasteiger partial charge in [-0.15, -0.1) is 0 Å². The van der Waals surface area contributed by atoms with Crippen LogP contribution in [0.15, 0.2) is 24.3 Å². The molecule has 6 heteroatoms. The summed E-state index contributed by atoms with van der Waals surface area (Å²) in [5.74, 6) is -0.00922. The van der Waals surface area contributed by atoms with Crippen molar-refractivity contribution in [2.45, 2.75) is 495 Å². The molecule has 0 spiro atoms. The van der Waals surface area contributed by atoms with E-state index < -0.39 is 12.1 Å². The minimum Gasteiger partial charge on any atom is -0.466 e. The molecule has 0 aliphatic rings. The van der Waals surface area contributed by atoms with E-state index in [4.69, 9.17) is 4.74 Å². The van der Waals surface area contributed by atoms with Gasteiger partial charge in [0.05, 0.1) is 25.4 Å². The lowest BCUT2D eigenvalue weighted by Gasteiger charge is -2.22. The molecule has 0 heterocycles. The van der Waals surface area contributed by atoms with Crippen molar-refractivity contribution >= 4 is 11.9 Å². The van der Waals surface area contributed by atoms with Gasteiger partial charge in [-0.25, -0.2) is 0 Å². The number of carbonyl (C=O) groups excluding carboxylic acids is 2. The molecule has 0 fully saturated rings. The number of rotatable bonds is 80. The topological polar surface area (TPSA) is 95.9 Å². The molecule has 0 aromatic carbocycles. The highest BCUT2D eigenvalue weighted by atomic mass is 16.5. The molecule has 0 bridgehead atoms. The van der Waals surface area contributed by atoms with Crippen LogP contribution in [-0.2, 0) is 14.3 Å². The number of carbonyl (C=O) groups is 2. The van der Waals surface area contributed by atoms with E-state index in [1.807, 2.05) is 0 Å². The average molecular weight is 1280 g/mol. The summed E-state index contributed by atoms with van der Waals surface area (Å²) in [6.45, 7) is 5.01. The Morgan fingerprint density at radius 2 is 0.516 bits per heavy atom. The zero-order chi connectivity index (χ0) is 65.6. The van der Waals surface area contributed by atoms with Crippen LogP contribution in [-0.4, -0.2) is 47.4 Å². The van der Waals surface area contributed by atoms with Crippen molar-refractivity contribution in [1.82, 2.24) is 5.32 Å². The number of amides is 1. The highest BCUT2D eigenvalue weighted by Gasteiger charge is 2.20. The Hall–Kier alpha value is -1.66. The lowest BCUT2D eigenvalue weighted by Crippen LogP contribution is -2.45. The van der Waals surface area contributed by atoms with Crippen molar-refractivity contribution in [3.05, 3.63) is 24.3 Å². The molecular formula is C85H165NO5. The lowest BCUT2D eigenvalue weighted by molar-refractivity contribution is -0.143. The molecular weight excluding hydrogens is 1110 g/mol. The molecule has 2 atom stereocenters. The second-order valence-corrected chi connectivity index (χ2v) is 29.2. The van der Waals surface area contributed by atoms with Gasteiger partial charge in [-0.2, -0.15) is 0 Å². The Morgan fingerprint density at radius 3 is 0.780 bits per heavy atom. The number of ether oxygens (including phenoxy) is 1. The SMILES string of the molecule is CCCCCCCC/C=C\CCCCCCCCCCCC(=O)OCCCCCCCCCCCCCC/C=C\CCCCCCCCCCCCCCCCC(=O)NC(CO)C(O)CCCCCCCCCCCCCCCCCCCCCCCCCCC. The number of unbranched alkanes of at least 4 members (excludes halogenated alkanes) is 65. The molecule has 0 aliphatic carbocycles. The average Bonchev–Trinajstić information content (AvgIpc) is 3.65. The summed E-state index contributed by atoms with van der Waals surface area (Å²) in [6, 6.07) is -0.542. The molecule has 3 N–H and O–H groups in total. The van der Waals surface area contributed by atoms with Crippen LogP contribution in [0.3, 0.4) is 0 Å². The number of hydrogen-bond donors (Lipinski definition) is 3. The maximum atomic E-state index is 12.6. The van der Waals surface area contributed by atoms with E-state index in [-0.39, 0.29) is 18.5 Å². The number of nitrogens with one attached hydrogen (secondary N) is 1. The molecule has 0 aromatic rings. The summed E-state index contributed by atoms with van der Waals surface area (Å²) >= 11 is 0. The molecule has 0 saturated heterocycles. The van der Waals surface area contributed by atoms with Gasteiger partial charge >= 0.3 is 5.97 Å². The van der Waals surface area contributed by atoms with Gasteiger partial charge in [0.25, 0.3) is 0 Å². The highest BCUT2D eigenvalue weighted by Crippen LogP contribution is 2.20. The predicted molar refractivity (Wildman–Crippen MR) is 403 cm³/mol. The lowest BCUT2D eigenvalue weighted by atomic mass is 10.0. The zero-order valence-corrected chi connectivity index (χ0v) is 62.1. The molecule has 91 heavy (non-hydrogen) atoms. The first-order valence-corrected chi connectivity index (χ1v) is 42.1. The monoisotopic (exact) mass is 1280 g/mol. The molecule has 6 nitrogen and oxygen atoms in total. The number of esters is 1. The first-order chi connectivity index (χ1) is 45.0. The molecule has 2 unspecified atom stereocenters. The van der Waals surface area contributed by atoms with E-state index in [9.17, 15) is 19.8 Å². The number of allylic oxidation sites excluding steroid dienone is 4. The van der Waals surface area contributed by atoms with Crippen molar-refractivity contribution in [2.75, 3.05) is 13.2 Å². The maximum absolute atomic E-state index is 12.6. The quantitative estimate of drug-likeness (QED) is 0.0320. The first kappa shape index (κ1) is 89.3. The van der Waals surface area contributed by atoms with Crippen LogP contribution in [0.4, 0.5) is 0 Å². The third-order valence-electron chi connectivity index (χ3n) is 20.0. The largest absolute Gasteiger partial charge is 0.466 e. The van der Waals surface area contributed by atoms with Crippen LogP contribution in [0.25, 0.3) is 0 Å². The van der Waals surface area contributed by atoms with Crippen molar-refractivity contribution in [3.8, 4) is 0 Å². The normalized spacial score (nSPS) is 12.5. The van der Waals surface area contributed by atoms with Crippen LogP contribution in [0.2, 0.25) is 0 Å². The van der Waals surface area contributed by atoms with Gasteiger partial charge in [-0.05, 0) is 77.0 Å². The van der Waals surface area contributed by atoms with Gasteiger partial charge in [0.1, 0.15) is 0 Å². The second-order valence-electron chi connectivity index (χ2n) is 29.2. The standard InChI is InChI=1S/C85H165NO5/c1-3-5-7-9-11-13-15-17-19-21-23-24-25-32-35-38-42-45-49-53-57-61-65-69-73-77-83(88)82(81-87)86-84(89)78-74-70-66-62-58-54-50-46-43-39-36-33-30-28-26-27-29-31-34-37-40-44-48-52-56-60-64-68-72-76-80-91-85(90)79-75-71-67-63-59-55-51-47-41-22-20-18-16-14-12-10-8-6-4-2/h18,20,27,29,82-83,87-88H,3-17,19,21-26,28,30-81H2,1-2H3,(H,86,89)/b20-18-,29-27-. The van der Waals surface area contributed by atoms with Gasteiger partial charge in [0, 0.05) is 12.8 Å². The van der Waals surface area contributed by atoms with Crippen LogP contribution >= 0.6 is 0 Å². The minimum absolute atomic E-state index is 0.0181. The van der Waals surface area contributed by atoms with E-state index in [2.05, 4.69) is 43.5 Å². The van der Waals surface area contributed by atoms with E-state index in [1.165, 1.54) is 411 Å². The predicted octanol–water partition coefficient (Wildman–Crippen LogP) is 28.0. The second kappa shape index (κ2) is 80.8. The van der Waals surface area contributed by atoms with Gasteiger partial charge < -0.3 is 20.3 Å². The molecule has 0 saturated carbocycles. The van der Waals surface area contributed by atoms with Crippen molar-refractivity contribution in [3.63, 3.8) is 0 Å². The third kappa shape index (κ3) is 77.2. The first-order valence-electron chi connectivity index (χ1n) is 42.1. The fourth-order valence-corrected chi connectivity index (χ4v) is 13.6. The molecule has 0 aliphatic heterocycles. The van der Waals surface area contributed by atoms with E-state index >= 15 is 0 Å². The van der Waals surface area contributed by atoms with E-state index in [0.29, 0.717) is 25.9 Å². The third-order valence-corrected chi connectivity index (χ3v) is 20.0. The van der Waals surface area contributed by atoms with E-state index in [0.717, 1.165) is 38.5 Å². The Labute approximate surface area is 571 Å². The Balaban J connectivity index is 3.36. The fraction of sp³-hybridized carbons (Fsp3) is 0.929. The molecule has 540 valence electrons. The summed E-state index contributed by atoms with van der Waals surface area (Å²) in [5, 5.41) is 23.5. The number of hydrogen-bond acceptors (Lipinski definition) is 5. The van der Waals surface area contributed by atoms with Crippen molar-refractivity contribution < 1.29 is 24.5 Å². The van der Waals surface area contributed by atoms with Gasteiger partial charge in [-0.1, -0.05) is 417 Å². The Bertz CT molecular complexity index is 1430. The fourth-order valence-electron chi connectivity index (χ4n) is 13.6. The Morgan fingerprint density at radius 1 is 0.297 bits per heavy atom. The zero-order valence-electron chi connectivity index (χ0n) is 62.1.